The molecule has 0 fully saturated rings. The van der Waals surface area contributed by atoms with Gasteiger partial charge in [0.15, 0.2) is 8.07 Å². The van der Waals surface area contributed by atoms with Crippen molar-refractivity contribution in [2.75, 3.05) is 0 Å². The van der Waals surface area contributed by atoms with E-state index in [-0.39, 0.29) is 0 Å². The van der Waals surface area contributed by atoms with Crippen molar-refractivity contribution in [1.29, 1.82) is 0 Å². The van der Waals surface area contributed by atoms with Crippen molar-refractivity contribution in [3.63, 3.8) is 0 Å². The number of benzene rings is 3. The predicted octanol–water partition coefficient (Wildman–Crippen LogP) is 5.06. The highest BCUT2D eigenvalue weighted by Crippen LogP contribution is 2.31. The highest BCUT2D eigenvalue weighted by atomic mass is 28.3. The molecule has 3 aromatic carbocycles. The maximum absolute atomic E-state index is 2.39. The van der Waals surface area contributed by atoms with Crippen molar-refractivity contribution >= 4 is 23.6 Å². The second kappa shape index (κ2) is 8.16. The zero-order valence-electron chi connectivity index (χ0n) is 16.9. The molecule has 0 aliphatic heterocycles. The Bertz CT molecular complexity index is 940. The largest absolute Gasteiger partial charge is 0.176 e. The third-order valence-electron chi connectivity index (χ3n) is 5.90. The number of hydrogen-bond acceptors (Lipinski definition) is 0. The normalized spacial score (nSPS) is 13.9. The lowest BCUT2D eigenvalue weighted by Crippen LogP contribution is -2.68. The van der Waals surface area contributed by atoms with Crippen LogP contribution >= 0.6 is 0 Å². The van der Waals surface area contributed by atoms with Crippen LogP contribution in [0.25, 0.3) is 0 Å². The molecule has 1 aliphatic carbocycles. The third-order valence-corrected chi connectivity index (χ3v) is 10.9. The number of aryl methyl sites for hydroxylation is 1. The first kappa shape index (κ1) is 18.7. The van der Waals surface area contributed by atoms with Gasteiger partial charge in [0.1, 0.15) is 0 Å². The molecule has 0 saturated heterocycles. The monoisotopic (exact) mass is 380 g/mol. The summed E-state index contributed by atoms with van der Waals surface area (Å²) in [5.74, 6) is 0. The molecular weight excluding hydrogens is 352 g/mol. The van der Waals surface area contributed by atoms with Crippen LogP contribution in [0.15, 0.2) is 108 Å². The minimum absolute atomic E-state index is 1.07. The molecule has 0 nitrogen and oxygen atoms in total. The Hall–Kier alpha value is -2.64. The van der Waals surface area contributed by atoms with Crippen molar-refractivity contribution in [3.05, 3.63) is 113 Å². The van der Waals surface area contributed by atoms with Gasteiger partial charge in [-0.1, -0.05) is 127 Å². The molecule has 0 heterocycles. The van der Waals surface area contributed by atoms with Gasteiger partial charge in [-0.2, -0.15) is 0 Å². The molecule has 4 rings (SSSR count). The van der Waals surface area contributed by atoms with Crippen molar-refractivity contribution < 1.29 is 0 Å². The molecular formula is C27H28Si. The first-order chi connectivity index (χ1) is 13.8. The molecule has 0 radical (unpaired) electrons. The van der Waals surface area contributed by atoms with Gasteiger partial charge in [0.05, 0.1) is 0 Å². The topological polar surface area (TPSA) is 0 Å². The Labute approximate surface area is 170 Å². The fourth-order valence-electron chi connectivity index (χ4n) is 4.65. The van der Waals surface area contributed by atoms with E-state index in [0.717, 1.165) is 12.8 Å². The van der Waals surface area contributed by atoms with E-state index in [4.69, 9.17) is 0 Å². The highest BCUT2D eigenvalue weighted by Gasteiger charge is 2.44. The molecule has 0 saturated carbocycles. The maximum atomic E-state index is 2.39. The number of hydrogen-bond donors (Lipinski definition) is 0. The van der Waals surface area contributed by atoms with Gasteiger partial charge in [0.25, 0.3) is 0 Å². The average Bonchev–Trinajstić information content (AvgIpc) is 3.20. The minimum Gasteiger partial charge on any atom is -0.0805 e. The maximum Gasteiger partial charge on any atom is 0.176 e. The molecule has 0 atom stereocenters. The lowest BCUT2D eigenvalue weighted by molar-refractivity contribution is 0.924. The highest BCUT2D eigenvalue weighted by molar-refractivity contribution is 7.16. The lowest BCUT2D eigenvalue weighted by Gasteiger charge is -2.36. The fourth-order valence-corrected chi connectivity index (χ4v) is 9.86. The van der Waals surface area contributed by atoms with E-state index in [9.17, 15) is 0 Å². The Morgan fingerprint density at radius 2 is 1.25 bits per heavy atom. The molecule has 28 heavy (non-hydrogen) atoms. The standard InChI is InChI=1S/C27H28Si/c1-3-11-23-12-10-17-27(23)28(24-13-6-4-7-14-24,25-15-8-5-9-16-25)26-20-18-22(2)19-21-26/h4-10,12-16,18-21H,3,11,17H2,1-2H3. The van der Waals surface area contributed by atoms with E-state index < -0.39 is 8.07 Å². The molecule has 0 aromatic heterocycles. The van der Waals surface area contributed by atoms with Crippen LogP contribution in [-0.2, 0) is 0 Å². The van der Waals surface area contributed by atoms with Gasteiger partial charge >= 0.3 is 0 Å². The first-order valence-electron chi connectivity index (χ1n) is 10.3. The van der Waals surface area contributed by atoms with Crippen molar-refractivity contribution in [1.82, 2.24) is 0 Å². The Morgan fingerprint density at radius 3 is 1.79 bits per heavy atom. The van der Waals surface area contributed by atoms with Crippen molar-refractivity contribution in [2.45, 2.75) is 33.1 Å². The van der Waals surface area contributed by atoms with E-state index in [0.29, 0.717) is 0 Å². The molecule has 0 spiro atoms. The zero-order valence-corrected chi connectivity index (χ0v) is 17.9. The summed E-state index contributed by atoms with van der Waals surface area (Å²) in [5.41, 5.74) is 2.88. The summed E-state index contributed by atoms with van der Waals surface area (Å²) < 4.78 is 0. The van der Waals surface area contributed by atoms with Crippen LogP contribution in [0, 0.1) is 6.92 Å². The minimum atomic E-state index is -2.30. The van der Waals surface area contributed by atoms with Crippen LogP contribution in [0.1, 0.15) is 31.7 Å². The van der Waals surface area contributed by atoms with E-state index >= 15 is 0 Å². The summed E-state index contributed by atoms with van der Waals surface area (Å²) in [7, 11) is -2.30. The quantitative estimate of drug-likeness (QED) is 0.414. The molecule has 1 aliphatic rings. The molecule has 1 heteroatoms. The van der Waals surface area contributed by atoms with Crippen LogP contribution in [0.3, 0.4) is 0 Å². The molecule has 0 N–H and O–H groups in total. The van der Waals surface area contributed by atoms with E-state index in [1.165, 1.54) is 27.5 Å². The Morgan fingerprint density at radius 1 is 0.714 bits per heavy atom. The Balaban J connectivity index is 2.09. The summed E-state index contributed by atoms with van der Waals surface area (Å²) in [6.45, 7) is 4.47. The van der Waals surface area contributed by atoms with Gasteiger partial charge in [0, 0.05) is 0 Å². The Kier molecular flexibility index (Phi) is 5.45. The smallest absolute Gasteiger partial charge is 0.0805 e. The molecule has 0 bridgehead atoms. The number of allylic oxidation sites excluding steroid dienone is 4. The fraction of sp³-hybridized carbons (Fsp3) is 0.185. The second-order valence-electron chi connectivity index (χ2n) is 7.71. The second-order valence-corrected chi connectivity index (χ2v) is 11.5. The zero-order chi connectivity index (χ0) is 19.4. The summed E-state index contributed by atoms with van der Waals surface area (Å²) in [6, 6.07) is 31.8. The average molecular weight is 381 g/mol. The summed E-state index contributed by atoms with van der Waals surface area (Å²) in [6.07, 6.45) is 8.18. The van der Waals surface area contributed by atoms with E-state index in [1.54, 1.807) is 10.8 Å². The SMILES string of the molecule is CCCC1=C([Si](c2ccccc2)(c2ccccc2)c2ccc(C)cc2)CC=C1. The molecule has 3 aromatic rings. The molecule has 140 valence electrons. The van der Waals surface area contributed by atoms with Crippen LogP contribution in [-0.4, -0.2) is 8.07 Å². The third kappa shape index (κ3) is 3.20. The van der Waals surface area contributed by atoms with Gasteiger partial charge < -0.3 is 0 Å². The van der Waals surface area contributed by atoms with E-state index in [2.05, 4.69) is 111 Å². The molecule has 0 unspecified atom stereocenters. The van der Waals surface area contributed by atoms with Gasteiger partial charge in [-0.05, 0) is 35.3 Å². The predicted molar refractivity (Wildman–Crippen MR) is 124 cm³/mol. The van der Waals surface area contributed by atoms with E-state index in [1.807, 2.05) is 0 Å². The van der Waals surface area contributed by atoms with Crippen LogP contribution in [0.2, 0.25) is 0 Å². The summed E-state index contributed by atoms with van der Waals surface area (Å²) in [4.78, 5) is 0. The van der Waals surface area contributed by atoms with Gasteiger partial charge in [-0.3, -0.25) is 0 Å². The van der Waals surface area contributed by atoms with Crippen LogP contribution in [0.4, 0.5) is 0 Å². The summed E-state index contributed by atoms with van der Waals surface area (Å²) in [5, 5.41) is 6.12. The van der Waals surface area contributed by atoms with Crippen molar-refractivity contribution in [2.24, 2.45) is 0 Å². The van der Waals surface area contributed by atoms with Gasteiger partial charge in [0.2, 0.25) is 0 Å². The van der Waals surface area contributed by atoms with Crippen molar-refractivity contribution in [3.8, 4) is 0 Å². The first-order valence-corrected chi connectivity index (χ1v) is 12.3. The molecule has 0 amide bonds. The van der Waals surface area contributed by atoms with Gasteiger partial charge in [-0.25, -0.2) is 0 Å². The van der Waals surface area contributed by atoms with Crippen LogP contribution in [0.5, 0.6) is 0 Å². The summed E-state index contributed by atoms with van der Waals surface area (Å²) >= 11 is 0. The van der Waals surface area contributed by atoms with Gasteiger partial charge in [-0.15, -0.1) is 0 Å². The van der Waals surface area contributed by atoms with Crippen LogP contribution < -0.4 is 15.6 Å². The lowest BCUT2D eigenvalue weighted by atomic mass is 10.2. The number of rotatable bonds is 6.